The number of ketones is 1. The molecule has 8 atom stereocenters. The molecule has 0 amide bonds. The third kappa shape index (κ3) is 2.89. The second-order valence-electron chi connectivity index (χ2n) is 10.3. The predicted molar refractivity (Wildman–Crippen MR) is 103 cm³/mol. The Kier molecular flexibility index (Phi) is 4.93. The van der Waals surface area contributed by atoms with Gasteiger partial charge in [0.2, 0.25) is 0 Å². The fourth-order valence-corrected chi connectivity index (χ4v) is 7.53. The molecule has 5 unspecified atom stereocenters. The summed E-state index contributed by atoms with van der Waals surface area (Å²) in [5.41, 5.74) is -0.629. The van der Waals surface area contributed by atoms with Crippen LogP contribution in [0.4, 0.5) is 0 Å². The molecule has 0 N–H and O–H groups in total. The summed E-state index contributed by atoms with van der Waals surface area (Å²) in [6.45, 7) is 6.61. The lowest BCUT2D eigenvalue weighted by Crippen LogP contribution is -2.62. The van der Waals surface area contributed by atoms with Crippen LogP contribution in [-0.4, -0.2) is 30.6 Å². The summed E-state index contributed by atoms with van der Waals surface area (Å²) in [4.78, 5) is 25.9. The van der Waals surface area contributed by atoms with Crippen LogP contribution < -0.4 is 0 Å². The molecule has 1 spiro atoms. The topological polar surface area (TPSA) is 52.6 Å². The van der Waals surface area contributed by atoms with Crippen LogP contribution in [0.3, 0.4) is 0 Å². The number of methoxy groups -OCH3 is 1. The van der Waals surface area contributed by atoms with Gasteiger partial charge in [-0.15, -0.1) is 0 Å². The largest absolute Gasteiger partial charge is 0.469 e. The first-order chi connectivity index (χ1) is 12.8. The number of carbonyl (C=O) groups is 2. The summed E-state index contributed by atoms with van der Waals surface area (Å²) in [5, 5.41) is 0. The summed E-state index contributed by atoms with van der Waals surface area (Å²) < 4.78 is 11.7. The highest BCUT2D eigenvalue weighted by atomic mass is 16.5. The van der Waals surface area contributed by atoms with E-state index < -0.39 is 5.60 Å². The molecule has 0 aromatic heterocycles. The molecule has 0 aromatic carbocycles. The van der Waals surface area contributed by atoms with Crippen LogP contribution >= 0.6 is 0 Å². The fourth-order valence-electron chi connectivity index (χ4n) is 7.53. The molecular weight excluding hydrogens is 340 g/mol. The third-order valence-electron chi connectivity index (χ3n) is 8.84. The Labute approximate surface area is 163 Å². The molecule has 2 aliphatic carbocycles. The molecule has 4 rings (SSSR count). The zero-order valence-corrected chi connectivity index (χ0v) is 17.5. The smallest absolute Gasteiger partial charge is 0.308 e. The molecule has 152 valence electrons. The number of hydrogen-bond donors (Lipinski definition) is 0. The van der Waals surface area contributed by atoms with Gasteiger partial charge < -0.3 is 9.47 Å². The lowest BCUT2D eigenvalue weighted by Gasteiger charge is -2.57. The highest BCUT2D eigenvalue weighted by Gasteiger charge is 2.65. The lowest BCUT2D eigenvalue weighted by atomic mass is 9.52. The maximum atomic E-state index is 13.6. The van der Waals surface area contributed by atoms with E-state index in [4.69, 9.17) is 9.47 Å². The summed E-state index contributed by atoms with van der Waals surface area (Å²) in [6, 6.07) is 0. The summed E-state index contributed by atoms with van der Waals surface area (Å²) in [7, 11) is 1.47. The Bertz CT molecular complexity index is 615. The van der Waals surface area contributed by atoms with Crippen molar-refractivity contribution in [1.29, 1.82) is 0 Å². The standard InChI is InChI=1S/C23H36O4/c1-14-7-8-19-18-10-9-17(15(2)21(25)26-4)22(18,3)13-20(24)23(19)11-5-6-16(12-14)27-23/h14-19H,5-13H2,1-4H3/t14?,15-,16+,17?,18?,19?,22?,23-/m0/s1. The molecule has 2 saturated heterocycles. The van der Waals surface area contributed by atoms with Crippen LogP contribution in [0.1, 0.15) is 78.6 Å². The monoisotopic (exact) mass is 376 g/mol. The minimum atomic E-state index is -0.531. The van der Waals surface area contributed by atoms with Crippen LogP contribution in [0, 0.1) is 35.0 Å². The molecule has 4 fully saturated rings. The molecule has 0 aromatic rings. The van der Waals surface area contributed by atoms with Crippen molar-refractivity contribution in [2.24, 2.45) is 35.0 Å². The summed E-state index contributed by atoms with van der Waals surface area (Å²) >= 11 is 0. The quantitative estimate of drug-likeness (QED) is 0.664. The minimum absolute atomic E-state index is 0.0979. The second kappa shape index (κ2) is 6.86. The van der Waals surface area contributed by atoms with Crippen molar-refractivity contribution >= 4 is 11.8 Å². The molecule has 0 radical (unpaired) electrons. The number of esters is 1. The SMILES string of the molecule is COC(=O)[C@@H](C)C1CCC2C3CCC(C)C[C@H]4CCC[C@@]3(O4)C(=O)CC21C. The number of hydrogen-bond acceptors (Lipinski definition) is 4. The molecule has 2 heterocycles. The van der Waals surface area contributed by atoms with Crippen LogP contribution in [0.5, 0.6) is 0 Å². The van der Waals surface area contributed by atoms with E-state index in [1.54, 1.807) is 0 Å². The third-order valence-corrected chi connectivity index (χ3v) is 8.84. The molecule has 2 saturated carbocycles. The first-order valence-corrected chi connectivity index (χ1v) is 11.1. The summed E-state index contributed by atoms with van der Waals surface area (Å²) in [5.74, 6) is 1.77. The highest BCUT2D eigenvalue weighted by molar-refractivity contribution is 5.90. The number of fused-ring (bicyclic) bond motifs is 3. The van der Waals surface area contributed by atoms with Gasteiger partial charge >= 0.3 is 5.97 Å². The van der Waals surface area contributed by atoms with Crippen LogP contribution in [0.2, 0.25) is 0 Å². The predicted octanol–water partition coefficient (Wildman–Crippen LogP) is 4.54. The average molecular weight is 377 g/mol. The Morgan fingerprint density at radius 2 is 1.93 bits per heavy atom. The highest BCUT2D eigenvalue weighted by Crippen LogP contribution is 2.64. The molecule has 4 heteroatoms. The Morgan fingerprint density at radius 1 is 1.19 bits per heavy atom. The maximum absolute atomic E-state index is 13.6. The van der Waals surface area contributed by atoms with Crippen molar-refractivity contribution in [3.8, 4) is 0 Å². The van der Waals surface area contributed by atoms with Crippen molar-refractivity contribution < 1.29 is 19.1 Å². The molecule has 27 heavy (non-hydrogen) atoms. The van der Waals surface area contributed by atoms with Crippen molar-refractivity contribution in [3.63, 3.8) is 0 Å². The Hall–Kier alpha value is -0.900. The molecule has 2 aliphatic heterocycles. The van der Waals surface area contributed by atoms with E-state index in [1.807, 2.05) is 6.92 Å². The average Bonchev–Trinajstić information content (AvgIpc) is 2.96. The molecule has 2 bridgehead atoms. The van der Waals surface area contributed by atoms with Crippen LogP contribution in [0.25, 0.3) is 0 Å². The van der Waals surface area contributed by atoms with Crippen LogP contribution in [-0.2, 0) is 19.1 Å². The van der Waals surface area contributed by atoms with Crippen LogP contribution in [0.15, 0.2) is 0 Å². The number of Topliss-reactive ketones (excluding diaryl/α,β-unsaturated/α-hetero) is 1. The van der Waals surface area contributed by atoms with E-state index in [0.717, 1.165) is 44.9 Å². The van der Waals surface area contributed by atoms with E-state index in [0.29, 0.717) is 30.0 Å². The van der Waals surface area contributed by atoms with Gasteiger partial charge in [-0.2, -0.15) is 0 Å². The molecule has 4 nitrogen and oxygen atoms in total. The van der Waals surface area contributed by atoms with Gasteiger partial charge in [-0.3, -0.25) is 9.59 Å². The number of carbonyl (C=O) groups excluding carboxylic acids is 2. The van der Waals surface area contributed by atoms with E-state index in [2.05, 4.69) is 13.8 Å². The molecule has 4 aliphatic rings. The minimum Gasteiger partial charge on any atom is -0.469 e. The first kappa shape index (κ1) is 19.4. The zero-order valence-electron chi connectivity index (χ0n) is 17.5. The van der Waals surface area contributed by atoms with Gasteiger partial charge in [0, 0.05) is 6.42 Å². The maximum Gasteiger partial charge on any atom is 0.308 e. The van der Waals surface area contributed by atoms with Crippen molar-refractivity contribution in [2.75, 3.05) is 7.11 Å². The molecular formula is C23H36O4. The van der Waals surface area contributed by atoms with E-state index in [9.17, 15) is 9.59 Å². The zero-order chi connectivity index (χ0) is 19.4. The second-order valence-corrected chi connectivity index (χ2v) is 10.3. The Balaban J connectivity index is 1.69. The van der Waals surface area contributed by atoms with Gasteiger partial charge in [-0.25, -0.2) is 0 Å². The van der Waals surface area contributed by atoms with Crippen molar-refractivity contribution in [3.05, 3.63) is 0 Å². The van der Waals surface area contributed by atoms with Gasteiger partial charge in [0.15, 0.2) is 5.78 Å². The van der Waals surface area contributed by atoms with Crippen molar-refractivity contribution in [1.82, 2.24) is 0 Å². The van der Waals surface area contributed by atoms with E-state index >= 15 is 0 Å². The van der Waals surface area contributed by atoms with E-state index in [-0.39, 0.29) is 29.3 Å². The fraction of sp³-hybridized carbons (Fsp3) is 0.913. The number of ether oxygens (including phenoxy) is 2. The van der Waals surface area contributed by atoms with Gasteiger partial charge in [0.1, 0.15) is 5.60 Å². The van der Waals surface area contributed by atoms with Crippen molar-refractivity contribution in [2.45, 2.75) is 90.3 Å². The first-order valence-electron chi connectivity index (χ1n) is 11.1. The number of rotatable bonds is 2. The summed E-state index contributed by atoms with van der Waals surface area (Å²) in [6.07, 6.45) is 9.50. The van der Waals surface area contributed by atoms with Gasteiger partial charge in [-0.1, -0.05) is 27.2 Å². The lowest BCUT2D eigenvalue weighted by molar-refractivity contribution is -0.213. The van der Waals surface area contributed by atoms with Gasteiger partial charge in [-0.05, 0) is 74.0 Å². The van der Waals surface area contributed by atoms with Gasteiger partial charge in [0.25, 0.3) is 0 Å². The normalized spacial score (nSPS) is 48.0. The van der Waals surface area contributed by atoms with E-state index in [1.165, 1.54) is 13.5 Å². The Morgan fingerprint density at radius 3 is 2.67 bits per heavy atom. The van der Waals surface area contributed by atoms with Gasteiger partial charge in [0.05, 0.1) is 19.1 Å².